The van der Waals surface area contributed by atoms with Crippen LogP contribution in [0, 0.1) is 5.82 Å². The first-order valence-electron chi connectivity index (χ1n) is 8.68. The van der Waals surface area contributed by atoms with E-state index < -0.39 is 0 Å². The fourth-order valence-corrected chi connectivity index (χ4v) is 3.88. The molecule has 2 aromatic carbocycles. The summed E-state index contributed by atoms with van der Waals surface area (Å²) in [5.41, 5.74) is 1.60. The average molecular weight is 407 g/mol. The van der Waals surface area contributed by atoms with Crippen molar-refractivity contribution in [2.75, 3.05) is 31.9 Å². The van der Waals surface area contributed by atoms with E-state index in [-0.39, 0.29) is 17.6 Å². The van der Waals surface area contributed by atoms with Gasteiger partial charge in [0.05, 0.1) is 5.75 Å². The number of hydrogen-bond acceptors (Lipinski definition) is 3. The van der Waals surface area contributed by atoms with Crippen LogP contribution in [0.4, 0.5) is 4.39 Å². The molecule has 0 aromatic heterocycles. The Kier molecular flexibility index (Phi) is 6.74. The fourth-order valence-electron chi connectivity index (χ4n) is 2.86. The SMILES string of the molecule is O=C(CSCc1ccc(Cl)cc1)N1CCN(C(=O)c2ccc(F)cc2)CC1. The molecule has 0 bridgehead atoms. The van der Waals surface area contributed by atoms with E-state index in [4.69, 9.17) is 11.6 Å². The number of halogens is 2. The first kappa shape index (κ1) is 19.7. The monoisotopic (exact) mass is 406 g/mol. The summed E-state index contributed by atoms with van der Waals surface area (Å²) < 4.78 is 13.0. The lowest BCUT2D eigenvalue weighted by Gasteiger charge is -2.34. The minimum atomic E-state index is -0.363. The summed E-state index contributed by atoms with van der Waals surface area (Å²) in [6.45, 7) is 2.02. The number of thioether (sulfide) groups is 1. The van der Waals surface area contributed by atoms with Crippen molar-refractivity contribution in [2.45, 2.75) is 5.75 Å². The molecule has 7 heteroatoms. The van der Waals surface area contributed by atoms with E-state index >= 15 is 0 Å². The molecule has 0 aliphatic carbocycles. The second kappa shape index (κ2) is 9.24. The number of rotatable bonds is 5. The molecule has 0 unspecified atom stereocenters. The number of amides is 2. The number of carbonyl (C=O) groups excluding carboxylic acids is 2. The van der Waals surface area contributed by atoms with Crippen molar-refractivity contribution in [3.63, 3.8) is 0 Å². The van der Waals surface area contributed by atoms with Crippen LogP contribution in [0.5, 0.6) is 0 Å². The molecule has 2 aromatic rings. The maximum absolute atomic E-state index is 13.0. The molecule has 27 heavy (non-hydrogen) atoms. The Morgan fingerprint density at radius 1 is 0.926 bits per heavy atom. The molecule has 142 valence electrons. The maximum Gasteiger partial charge on any atom is 0.253 e. The summed E-state index contributed by atoms with van der Waals surface area (Å²) in [7, 11) is 0. The molecule has 1 aliphatic heterocycles. The van der Waals surface area contributed by atoms with Gasteiger partial charge in [0.1, 0.15) is 5.82 Å². The van der Waals surface area contributed by atoms with Crippen molar-refractivity contribution in [1.82, 2.24) is 9.80 Å². The number of benzene rings is 2. The number of hydrogen-bond donors (Lipinski definition) is 0. The standard InChI is InChI=1S/C20H20ClFN2O2S/c21-17-5-1-15(2-6-17)13-27-14-19(25)23-9-11-24(12-10-23)20(26)16-3-7-18(22)8-4-16/h1-8H,9-14H2. The van der Waals surface area contributed by atoms with Gasteiger partial charge in [0, 0.05) is 42.5 Å². The van der Waals surface area contributed by atoms with Gasteiger partial charge < -0.3 is 9.80 Å². The van der Waals surface area contributed by atoms with Crippen LogP contribution in [-0.4, -0.2) is 53.5 Å². The van der Waals surface area contributed by atoms with Gasteiger partial charge in [-0.05, 0) is 42.0 Å². The highest BCUT2D eigenvalue weighted by Crippen LogP contribution is 2.17. The van der Waals surface area contributed by atoms with Crippen LogP contribution >= 0.6 is 23.4 Å². The fraction of sp³-hybridized carbons (Fsp3) is 0.300. The maximum atomic E-state index is 13.0. The Morgan fingerprint density at radius 2 is 1.52 bits per heavy atom. The van der Waals surface area contributed by atoms with Gasteiger partial charge in [0.25, 0.3) is 5.91 Å². The number of piperazine rings is 1. The molecule has 1 heterocycles. The minimum Gasteiger partial charge on any atom is -0.338 e. The molecule has 2 amide bonds. The Balaban J connectivity index is 1.42. The summed E-state index contributed by atoms with van der Waals surface area (Å²) in [5.74, 6) is 0.764. The van der Waals surface area contributed by atoms with Crippen molar-refractivity contribution in [1.29, 1.82) is 0 Å². The zero-order valence-corrected chi connectivity index (χ0v) is 16.3. The predicted octanol–water partition coefficient (Wildman–Crippen LogP) is 3.70. The third kappa shape index (κ3) is 5.47. The van der Waals surface area contributed by atoms with E-state index in [1.165, 1.54) is 24.3 Å². The van der Waals surface area contributed by atoms with Crippen LogP contribution in [0.25, 0.3) is 0 Å². The van der Waals surface area contributed by atoms with Gasteiger partial charge in [-0.3, -0.25) is 9.59 Å². The molecule has 1 aliphatic rings. The van der Waals surface area contributed by atoms with Crippen LogP contribution in [0.2, 0.25) is 5.02 Å². The molecular weight excluding hydrogens is 387 g/mol. The third-order valence-corrected chi connectivity index (χ3v) is 5.66. The molecule has 0 N–H and O–H groups in total. The van der Waals surface area contributed by atoms with E-state index in [0.717, 1.165) is 11.3 Å². The van der Waals surface area contributed by atoms with E-state index in [1.807, 2.05) is 24.3 Å². The van der Waals surface area contributed by atoms with Gasteiger partial charge in [-0.15, -0.1) is 11.8 Å². The smallest absolute Gasteiger partial charge is 0.253 e. The van der Waals surface area contributed by atoms with Gasteiger partial charge in [-0.2, -0.15) is 0 Å². The van der Waals surface area contributed by atoms with Crippen LogP contribution in [0.1, 0.15) is 15.9 Å². The lowest BCUT2D eigenvalue weighted by Crippen LogP contribution is -2.51. The number of nitrogens with zero attached hydrogens (tertiary/aromatic N) is 2. The summed E-state index contributed by atoms with van der Waals surface area (Å²) in [6, 6.07) is 13.1. The van der Waals surface area contributed by atoms with Gasteiger partial charge in [0.2, 0.25) is 5.91 Å². The van der Waals surface area contributed by atoms with Gasteiger partial charge in [-0.25, -0.2) is 4.39 Å². The second-order valence-electron chi connectivity index (χ2n) is 6.30. The highest BCUT2D eigenvalue weighted by Gasteiger charge is 2.24. The zero-order chi connectivity index (χ0) is 19.2. The van der Waals surface area contributed by atoms with Gasteiger partial charge >= 0.3 is 0 Å². The predicted molar refractivity (Wildman–Crippen MR) is 106 cm³/mol. The topological polar surface area (TPSA) is 40.6 Å². The Bertz CT molecular complexity index is 791. The Morgan fingerprint density at radius 3 is 2.15 bits per heavy atom. The summed E-state index contributed by atoms with van der Waals surface area (Å²) >= 11 is 7.43. The molecule has 1 saturated heterocycles. The molecule has 0 atom stereocenters. The first-order valence-corrected chi connectivity index (χ1v) is 10.2. The van der Waals surface area contributed by atoms with E-state index in [9.17, 15) is 14.0 Å². The molecule has 0 radical (unpaired) electrons. The molecule has 0 spiro atoms. The first-order chi connectivity index (χ1) is 13.0. The minimum absolute atomic E-state index is 0.0860. The van der Waals surface area contributed by atoms with Crippen LogP contribution in [0.15, 0.2) is 48.5 Å². The zero-order valence-electron chi connectivity index (χ0n) is 14.7. The van der Waals surface area contributed by atoms with Crippen molar-refractivity contribution in [3.05, 3.63) is 70.5 Å². The van der Waals surface area contributed by atoms with E-state index in [2.05, 4.69) is 0 Å². The summed E-state index contributed by atoms with van der Waals surface area (Å²) in [6.07, 6.45) is 0. The molecule has 4 nitrogen and oxygen atoms in total. The quantitative estimate of drug-likeness (QED) is 0.760. The van der Waals surface area contributed by atoms with Crippen LogP contribution < -0.4 is 0 Å². The largest absolute Gasteiger partial charge is 0.338 e. The lowest BCUT2D eigenvalue weighted by atomic mass is 10.2. The second-order valence-corrected chi connectivity index (χ2v) is 7.72. The van der Waals surface area contributed by atoms with E-state index in [0.29, 0.717) is 42.5 Å². The van der Waals surface area contributed by atoms with Crippen molar-refractivity contribution < 1.29 is 14.0 Å². The van der Waals surface area contributed by atoms with Crippen molar-refractivity contribution >= 4 is 35.2 Å². The van der Waals surface area contributed by atoms with Gasteiger partial charge in [0.15, 0.2) is 0 Å². The highest BCUT2D eigenvalue weighted by molar-refractivity contribution is 7.99. The van der Waals surface area contributed by atoms with Gasteiger partial charge in [-0.1, -0.05) is 23.7 Å². The normalized spacial score (nSPS) is 14.3. The summed E-state index contributed by atoms with van der Waals surface area (Å²) in [4.78, 5) is 28.3. The van der Waals surface area contributed by atoms with Crippen LogP contribution in [0.3, 0.4) is 0 Å². The van der Waals surface area contributed by atoms with Crippen LogP contribution in [-0.2, 0) is 10.5 Å². The Hall–Kier alpha value is -2.05. The van der Waals surface area contributed by atoms with Crippen molar-refractivity contribution in [3.8, 4) is 0 Å². The highest BCUT2D eigenvalue weighted by atomic mass is 35.5. The van der Waals surface area contributed by atoms with E-state index in [1.54, 1.807) is 21.6 Å². The number of carbonyl (C=O) groups is 2. The molecule has 3 rings (SSSR count). The average Bonchev–Trinajstić information content (AvgIpc) is 2.69. The Labute approximate surface area is 167 Å². The summed E-state index contributed by atoms with van der Waals surface area (Å²) in [5, 5.41) is 0.702. The lowest BCUT2D eigenvalue weighted by molar-refractivity contribution is -0.129. The van der Waals surface area contributed by atoms with Crippen molar-refractivity contribution in [2.24, 2.45) is 0 Å². The molecule has 1 fully saturated rings. The molecule has 0 saturated carbocycles. The third-order valence-electron chi connectivity index (χ3n) is 4.42. The molecular formula is C20H20ClFN2O2S.